The van der Waals surface area contributed by atoms with Gasteiger partial charge in [-0.1, -0.05) is 30.3 Å². The fourth-order valence-corrected chi connectivity index (χ4v) is 1.79. The van der Waals surface area contributed by atoms with Crippen LogP contribution in [0.15, 0.2) is 42.5 Å². The Hall–Kier alpha value is -2.36. The summed E-state index contributed by atoms with van der Waals surface area (Å²) in [6.45, 7) is 0.527. The Labute approximate surface area is 104 Å². The Morgan fingerprint density at radius 3 is 2.72 bits per heavy atom. The molecular weight excluding hydrogens is 232 g/mol. The molecule has 0 unspecified atom stereocenters. The lowest BCUT2D eigenvalue weighted by molar-refractivity contribution is 0.170. The molecule has 0 bridgehead atoms. The molecule has 0 spiro atoms. The zero-order valence-corrected chi connectivity index (χ0v) is 9.63. The van der Waals surface area contributed by atoms with Gasteiger partial charge in [-0.2, -0.15) is 0 Å². The average Bonchev–Trinajstić information content (AvgIpc) is 2.88. The lowest BCUT2D eigenvalue weighted by atomic mass is 10.2. The lowest BCUT2D eigenvalue weighted by Crippen LogP contribution is -1.95. The van der Waals surface area contributed by atoms with E-state index >= 15 is 0 Å². The summed E-state index contributed by atoms with van der Waals surface area (Å²) in [7, 11) is 0. The quantitative estimate of drug-likeness (QED) is 0.901. The van der Waals surface area contributed by atoms with Gasteiger partial charge in [-0.05, 0) is 17.7 Å². The van der Waals surface area contributed by atoms with Gasteiger partial charge in [0.05, 0.1) is 0 Å². The summed E-state index contributed by atoms with van der Waals surface area (Å²) in [5.74, 6) is 1.27. The van der Waals surface area contributed by atoms with Crippen molar-refractivity contribution >= 4 is 0 Å². The molecule has 0 atom stereocenters. The molecule has 2 aromatic rings. The minimum Gasteiger partial charge on any atom is -0.502 e. The molecule has 0 fully saturated rings. The standard InChI is InChI=1S/C14H12O4/c15-13-11(6-7-12-14(13)18-9-17-12)16-8-10-4-2-1-3-5-10/h1-7,15H,8-9H2. The molecule has 0 aliphatic carbocycles. The number of fused-ring (bicyclic) bond motifs is 1. The van der Waals surface area contributed by atoms with E-state index in [2.05, 4.69) is 0 Å². The van der Waals surface area contributed by atoms with Gasteiger partial charge in [-0.25, -0.2) is 0 Å². The molecule has 1 N–H and O–H groups in total. The predicted octanol–water partition coefficient (Wildman–Crippen LogP) is 2.70. The van der Waals surface area contributed by atoms with Gasteiger partial charge in [0.1, 0.15) is 6.61 Å². The highest BCUT2D eigenvalue weighted by molar-refractivity contribution is 5.59. The molecule has 1 heterocycles. The number of benzene rings is 2. The maximum atomic E-state index is 9.96. The van der Waals surface area contributed by atoms with Crippen molar-refractivity contribution in [1.29, 1.82) is 0 Å². The maximum Gasteiger partial charge on any atom is 0.231 e. The number of hydrogen-bond donors (Lipinski definition) is 1. The first kappa shape index (κ1) is 10.8. The number of hydrogen-bond acceptors (Lipinski definition) is 4. The Morgan fingerprint density at radius 2 is 1.89 bits per heavy atom. The van der Waals surface area contributed by atoms with E-state index in [9.17, 15) is 5.11 Å². The van der Waals surface area contributed by atoms with Crippen LogP contribution in [-0.2, 0) is 6.61 Å². The maximum absolute atomic E-state index is 9.96. The summed E-state index contributed by atoms with van der Waals surface area (Å²) >= 11 is 0. The molecule has 3 rings (SSSR count). The molecule has 0 radical (unpaired) electrons. The Kier molecular flexibility index (Phi) is 2.68. The van der Waals surface area contributed by atoms with E-state index in [1.54, 1.807) is 12.1 Å². The molecule has 0 amide bonds. The van der Waals surface area contributed by atoms with Crippen LogP contribution in [0.25, 0.3) is 0 Å². The van der Waals surface area contributed by atoms with E-state index in [4.69, 9.17) is 14.2 Å². The number of aromatic hydroxyl groups is 1. The highest BCUT2D eigenvalue weighted by atomic mass is 16.7. The summed E-state index contributed by atoms with van der Waals surface area (Å²) in [6, 6.07) is 13.2. The number of rotatable bonds is 3. The fraction of sp³-hybridized carbons (Fsp3) is 0.143. The van der Waals surface area contributed by atoms with Gasteiger partial charge in [0.15, 0.2) is 11.5 Å². The summed E-state index contributed by atoms with van der Waals surface area (Å²) in [4.78, 5) is 0. The van der Waals surface area contributed by atoms with Gasteiger partial charge in [0.25, 0.3) is 0 Å². The van der Waals surface area contributed by atoms with E-state index in [-0.39, 0.29) is 12.5 Å². The monoisotopic (exact) mass is 244 g/mol. The van der Waals surface area contributed by atoms with E-state index in [1.165, 1.54) is 0 Å². The summed E-state index contributed by atoms with van der Waals surface area (Å²) in [6.07, 6.45) is 0. The summed E-state index contributed by atoms with van der Waals surface area (Å²) in [5, 5.41) is 9.96. The highest BCUT2D eigenvalue weighted by Gasteiger charge is 2.21. The van der Waals surface area contributed by atoms with Gasteiger partial charge in [0, 0.05) is 0 Å². The molecule has 4 nitrogen and oxygen atoms in total. The second-order valence-corrected chi connectivity index (χ2v) is 3.92. The van der Waals surface area contributed by atoms with Gasteiger partial charge in [-0.3, -0.25) is 0 Å². The van der Waals surface area contributed by atoms with Crippen molar-refractivity contribution in [1.82, 2.24) is 0 Å². The molecule has 1 aliphatic heterocycles. The third-order valence-electron chi connectivity index (χ3n) is 2.71. The van der Waals surface area contributed by atoms with Crippen molar-refractivity contribution in [2.45, 2.75) is 6.61 Å². The Bertz CT molecular complexity index is 551. The molecule has 0 aromatic heterocycles. The van der Waals surface area contributed by atoms with Crippen molar-refractivity contribution in [3.63, 3.8) is 0 Å². The van der Waals surface area contributed by atoms with Gasteiger partial charge >= 0.3 is 0 Å². The van der Waals surface area contributed by atoms with Crippen LogP contribution in [0.2, 0.25) is 0 Å². The fourth-order valence-electron chi connectivity index (χ4n) is 1.79. The summed E-state index contributed by atoms with van der Waals surface area (Å²) < 4.78 is 15.9. The SMILES string of the molecule is Oc1c(OCc2ccccc2)ccc2c1OCO2. The molecule has 4 heteroatoms. The largest absolute Gasteiger partial charge is 0.502 e. The molecular formula is C14H12O4. The first-order valence-corrected chi connectivity index (χ1v) is 5.63. The van der Waals surface area contributed by atoms with Crippen LogP contribution in [0, 0.1) is 0 Å². The first-order chi connectivity index (χ1) is 8.84. The Balaban J connectivity index is 1.78. The minimum absolute atomic E-state index is 0.0130. The number of phenolic OH excluding ortho intramolecular Hbond substituents is 1. The van der Waals surface area contributed by atoms with Crippen LogP contribution in [0.1, 0.15) is 5.56 Å². The van der Waals surface area contributed by atoms with E-state index in [1.807, 2.05) is 30.3 Å². The normalized spacial score (nSPS) is 12.4. The molecule has 18 heavy (non-hydrogen) atoms. The first-order valence-electron chi connectivity index (χ1n) is 5.63. The summed E-state index contributed by atoms with van der Waals surface area (Å²) in [5.41, 5.74) is 1.04. The topological polar surface area (TPSA) is 47.9 Å². The van der Waals surface area contributed by atoms with Crippen LogP contribution in [0.5, 0.6) is 23.0 Å². The number of phenols is 1. The second kappa shape index (κ2) is 4.49. The van der Waals surface area contributed by atoms with Gasteiger partial charge in [0.2, 0.25) is 18.3 Å². The molecule has 1 aliphatic rings. The van der Waals surface area contributed by atoms with Crippen molar-refractivity contribution in [2.24, 2.45) is 0 Å². The van der Waals surface area contributed by atoms with E-state index < -0.39 is 0 Å². The van der Waals surface area contributed by atoms with E-state index in [0.717, 1.165) is 5.56 Å². The highest BCUT2D eigenvalue weighted by Crippen LogP contribution is 2.45. The van der Waals surface area contributed by atoms with Crippen molar-refractivity contribution < 1.29 is 19.3 Å². The van der Waals surface area contributed by atoms with E-state index in [0.29, 0.717) is 23.9 Å². The third kappa shape index (κ3) is 1.93. The number of ether oxygens (including phenoxy) is 3. The van der Waals surface area contributed by atoms with Crippen LogP contribution in [-0.4, -0.2) is 11.9 Å². The second-order valence-electron chi connectivity index (χ2n) is 3.92. The van der Waals surface area contributed by atoms with Crippen LogP contribution < -0.4 is 14.2 Å². The van der Waals surface area contributed by atoms with Crippen molar-refractivity contribution in [3.05, 3.63) is 48.0 Å². The smallest absolute Gasteiger partial charge is 0.231 e. The van der Waals surface area contributed by atoms with Crippen LogP contribution >= 0.6 is 0 Å². The third-order valence-corrected chi connectivity index (χ3v) is 2.71. The zero-order chi connectivity index (χ0) is 12.4. The molecule has 2 aromatic carbocycles. The molecule has 0 saturated carbocycles. The predicted molar refractivity (Wildman–Crippen MR) is 65.0 cm³/mol. The van der Waals surface area contributed by atoms with Gasteiger partial charge < -0.3 is 19.3 Å². The Morgan fingerprint density at radius 1 is 1.06 bits per heavy atom. The minimum atomic E-state index is -0.0130. The molecule has 92 valence electrons. The van der Waals surface area contributed by atoms with Gasteiger partial charge in [-0.15, -0.1) is 0 Å². The zero-order valence-electron chi connectivity index (χ0n) is 9.63. The lowest BCUT2D eigenvalue weighted by Gasteiger charge is -2.09. The molecule has 0 saturated heterocycles. The van der Waals surface area contributed by atoms with Crippen LogP contribution in [0.3, 0.4) is 0 Å². The average molecular weight is 244 g/mol. The van der Waals surface area contributed by atoms with Crippen molar-refractivity contribution in [2.75, 3.05) is 6.79 Å². The van der Waals surface area contributed by atoms with Crippen molar-refractivity contribution in [3.8, 4) is 23.0 Å². The van der Waals surface area contributed by atoms with Crippen LogP contribution in [0.4, 0.5) is 0 Å².